The van der Waals surface area contributed by atoms with Gasteiger partial charge in [0.25, 0.3) is 0 Å². The van der Waals surface area contributed by atoms with Gasteiger partial charge in [-0.25, -0.2) is 0 Å². The molecule has 1 unspecified atom stereocenters. The van der Waals surface area contributed by atoms with Gasteiger partial charge in [0.15, 0.2) is 5.78 Å². The lowest BCUT2D eigenvalue weighted by Crippen LogP contribution is -2.32. The third-order valence-electron chi connectivity index (χ3n) is 1.21. The fraction of sp³-hybridized carbons (Fsp3) is 0.833. The number of carbonyl (C=O) groups excluding carboxylic acids is 1. The maximum atomic E-state index is 11.1. The lowest BCUT2D eigenvalue weighted by atomic mass is 10.0. The molecule has 0 aromatic rings. The van der Waals surface area contributed by atoms with E-state index >= 15 is 0 Å². The minimum atomic E-state index is -0.430. The maximum absolute atomic E-state index is 11.1. The monoisotopic (exact) mass is 257 g/mol. The number of ketones is 1. The molecule has 0 bridgehead atoms. The molecule has 10 heavy (non-hydrogen) atoms. The summed E-state index contributed by atoms with van der Waals surface area (Å²) in [6, 6.07) is 0. The number of carbonyl (C=O) groups is 1. The summed E-state index contributed by atoms with van der Waals surface area (Å²) in [5, 5.41) is 0. The Hall–Kier alpha value is 0.320. The summed E-state index contributed by atoms with van der Waals surface area (Å²) in [5.41, 5.74) is 5.27. The smallest absolute Gasteiger partial charge is 0.166 e. The molecule has 0 spiro atoms. The van der Waals surface area contributed by atoms with Crippen molar-refractivity contribution in [1.29, 1.82) is 0 Å². The second kappa shape index (κ2) is 5.03. The van der Waals surface area contributed by atoms with E-state index in [4.69, 9.17) is 8.80 Å². The van der Waals surface area contributed by atoms with Crippen LogP contribution >= 0.6 is 23.0 Å². The maximum Gasteiger partial charge on any atom is 0.166 e. The number of hydrogen-bond donors (Lipinski definition) is 1. The number of hydrogen-bond acceptors (Lipinski definition) is 3. The third-order valence-corrected chi connectivity index (χ3v) is 1.82. The first-order valence-corrected chi connectivity index (χ1v) is 4.02. The quantitative estimate of drug-likeness (QED) is 0.761. The van der Waals surface area contributed by atoms with E-state index in [1.165, 1.54) is 0 Å². The summed E-state index contributed by atoms with van der Waals surface area (Å²) in [7, 11) is 0. The van der Waals surface area contributed by atoms with Gasteiger partial charge in [0.05, 0.1) is 0 Å². The van der Waals surface area contributed by atoms with Crippen molar-refractivity contribution < 1.29 is 7.86 Å². The summed E-state index contributed by atoms with van der Waals surface area (Å²) in [6.07, 6.45) is -0.430. The molecule has 0 aromatic carbocycles. The highest BCUT2D eigenvalue weighted by Gasteiger charge is 2.19. The fourth-order valence-corrected chi connectivity index (χ4v) is 1.03. The number of Topliss-reactive ketones (excluding diaryl/α,β-unsaturated/α-hetero) is 1. The van der Waals surface area contributed by atoms with Crippen molar-refractivity contribution in [3.63, 3.8) is 0 Å². The van der Waals surface area contributed by atoms with Crippen LogP contribution in [0, 0.1) is 5.92 Å². The minimum absolute atomic E-state index is 0.00307. The highest BCUT2D eigenvalue weighted by Crippen LogP contribution is 2.05. The Labute approximate surface area is 75.0 Å². The fourth-order valence-electron chi connectivity index (χ4n) is 0.568. The second-order valence-electron chi connectivity index (χ2n) is 2.37. The van der Waals surface area contributed by atoms with Gasteiger partial charge in [-0.15, -0.1) is 0 Å². The molecule has 0 heterocycles. The Balaban J connectivity index is 3.89. The van der Waals surface area contributed by atoms with Gasteiger partial charge in [-0.05, 0) is 0 Å². The van der Waals surface area contributed by atoms with Crippen molar-refractivity contribution in [3.8, 4) is 0 Å². The average Bonchev–Trinajstić information content (AvgIpc) is 1.90. The van der Waals surface area contributed by atoms with Crippen LogP contribution in [0.25, 0.3) is 0 Å². The van der Waals surface area contributed by atoms with Gasteiger partial charge in [-0.1, -0.05) is 13.8 Å². The van der Waals surface area contributed by atoms with Gasteiger partial charge < -0.3 is 8.80 Å². The zero-order chi connectivity index (χ0) is 8.15. The molecular weight excluding hydrogens is 245 g/mol. The van der Waals surface area contributed by atoms with E-state index < -0.39 is 6.10 Å². The molecule has 0 saturated carbocycles. The highest BCUT2D eigenvalue weighted by molar-refractivity contribution is 14.1. The first-order chi connectivity index (χ1) is 4.63. The van der Waals surface area contributed by atoms with Crippen LogP contribution in [0.4, 0.5) is 0 Å². The summed E-state index contributed by atoms with van der Waals surface area (Å²) in [6.45, 7) is 3.93. The Kier molecular flexibility index (Phi) is 5.20. The molecule has 0 aliphatic carbocycles. The van der Waals surface area contributed by atoms with Crippen molar-refractivity contribution in [1.82, 2.24) is 0 Å². The standard InChI is InChI=1S/C6H12INO2/c1-4(2)6(9)5(3-8)10-7/h4-5H,3,8H2,1-2H3. The van der Waals surface area contributed by atoms with Gasteiger partial charge in [0.1, 0.15) is 29.1 Å². The summed E-state index contributed by atoms with van der Waals surface area (Å²) >= 11 is 1.70. The molecule has 0 saturated heterocycles. The van der Waals surface area contributed by atoms with E-state index in [1.54, 1.807) is 23.0 Å². The van der Waals surface area contributed by atoms with Gasteiger partial charge in [-0.2, -0.15) is 0 Å². The van der Waals surface area contributed by atoms with Crippen molar-refractivity contribution in [2.24, 2.45) is 11.7 Å². The molecule has 0 amide bonds. The molecule has 0 radical (unpaired) electrons. The molecule has 3 nitrogen and oxygen atoms in total. The summed E-state index contributed by atoms with van der Waals surface area (Å²) in [4.78, 5) is 11.1. The largest absolute Gasteiger partial charge is 0.328 e. The Morgan fingerprint density at radius 3 is 2.30 bits per heavy atom. The van der Waals surface area contributed by atoms with Crippen LogP contribution in [-0.2, 0) is 7.86 Å². The van der Waals surface area contributed by atoms with E-state index in [0.717, 1.165) is 0 Å². The van der Waals surface area contributed by atoms with Gasteiger partial charge in [0, 0.05) is 12.5 Å². The summed E-state index contributed by atoms with van der Waals surface area (Å²) in [5.74, 6) is 0.0696. The molecule has 4 heteroatoms. The van der Waals surface area contributed by atoms with Crippen LogP contribution in [0.2, 0.25) is 0 Å². The Morgan fingerprint density at radius 1 is 1.70 bits per heavy atom. The van der Waals surface area contributed by atoms with Gasteiger partial charge >= 0.3 is 0 Å². The predicted octanol–water partition coefficient (Wildman–Crippen LogP) is 0.905. The van der Waals surface area contributed by atoms with Crippen LogP contribution in [-0.4, -0.2) is 18.4 Å². The third kappa shape index (κ3) is 2.94. The van der Waals surface area contributed by atoms with Gasteiger partial charge in [0.2, 0.25) is 0 Å². The average molecular weight is 257 g/mol. The molecule has 0 aliphatic rings. The summed E-state index contributed by atoms with van der Waals surface area (Å²) < 4.78 is 4.82. The first kappa shape index (κ1) is 10.3. The number of nitrogens with two attached hydrogens (primary N) is 1. The highest BCUT2D eigenvalue weighted by atomic mass is 127. The zero-order valence-corrected chi connectivity index (χ0v) is 8.29. The van der Waals surface area contributed by atoms with Gasteiger partial charge in [-0.3, -0.25) is 4.79 Å². The second-order valence-corrected chi connectivity index (χ2v) is 2.88. The number of halogens is 1. The number of rotatable bonds is 4. The van der Waals surface area contributed by atoms with Crippen molar-refractivity contribution >= 4 is 28.8 Å². The molecular formula is C6H12INO2. The Morgan fingerprint density at radius 2 is 2.20 bits per heavy atom. The lowest BCUT2D eigenvalue weighted by molar-refractivity contribution is -0.127. The molecule has 0 aromatic heterocycles. The molecule has 60 valence electrons. The Bertz CT molecular complexity index is 112. The van der Waals surface area contributed by atoms with E-state index in [0.29, 0.717) is 0 Å². The molecule has 2 N–H and O–H groups in total. The van der Waals surface area contributed by atoms with Crippen LogP contribution in [0.5, 0.6) is 0 Å². The molecule has 0 rings (SSSR count). The lowest BCUT2D eigenvalue weighted by Gasteiger charge is -2.11. The topological polar surface area (TPSA) is 52.3 Å². The normalized spacial score (nSPS) is 13.7. The zero-order valence-electron chi connectivity index (χ0n) is 6.13. The molecule has 1 atom stereocenters. The van der Waals surface area contributed by atoms with Crippen LogP contribution < -0.4 is 5.73 Å². The van der Waals surface area contributed by atoms with E-state index in [9.17, 15) is 4.79 Å². The van der Waals surface area contributed by atoms with E-state index in [2.05, 4.69) is 0 Å². The van der Waals surface area contributed by atoms with Crippen molar-refractivity contribution in [2.45, 2.75) is 20.0 Å². The van der Waals surface area contributed by atoms with E-state index in [1.807, 2.05) is 13.8 Å². The van der Waals surface area contributed by atoms with Crippen LogP contribution in [0.1, 0.15) is 13.8 Å². The first-order valence-electron chi connectivity index (χ1n) is 3.14. The molecule has 0 fully saturated rings. The van der Waals surface area contributed by atoms with E-state index in [-0.39, 0.29) is 18.2 Å². The van der Waals surface area contributed by atoms with Crippen molar-refractivity contribution in [2.75, 3.05) is 6.54 Å². The minimum Gasteiger partial charge on any atom is -0.328 e. The van der Waals surface area contributed by atoms with Crippen molar-refractivity contribution in [3.05, 3.63) is 0 Å². The predicted molar refractivity (Wildman–Crippen MR) is 47.8 cm³/mol. The van der Waals surface area contributed by atoms with Crippen LogP contribution in [0.3, 0.4) is 0 Å². The van der Waals surface area contributed by atoms with Crippen LogP contribution in [0.15, 0.2) is 0 Å². The SMILES string of the molecule is CC(C)C(=O)C(CN)OI. The molecule has 0 aliphatic heterocycles.